The molecule has 1 atom stereocenters. The summed E-state index contributed by atoms with van der Waals surface area (Å²) in [6.07, 6.45) is 4.23. The highest BCUT2D eigenvalue weighted by molar-refractivity contribution is 5.87. The van der Waals surface area contributed by atoms with Crippen LogP contribution < -0.4 is 5.56 Å². The van der Waals surface area contributed by atoms with E-state index in [2.05, 4.69) is 32.7 Å². The molecule has 0 saturated carbocycles. The zero-order valence-electron chi connectivity index (χ0n) is 18.4. The van der Waals surface area contributed by atoms with Crippen molar-refractivity contribution >= 4 is 5.97 Å². The van der Waals surface area contributed by atoms with Gasteiger partial charge in [0.25, 0.3) is 5.56 Å². The lowest BCUT2D eigenvalue weighted by Crippen LogP contribution is -2.34. The largest absolute Gasteiger partial charge is 0.478 e. The minimum absolute atomic E-state index is 0.0577. The first-order chi connectivity index (χ1) is 13.7. The normalized spacial score (nSPS) is 12.3. The van der Waals surface area contributed by atoms with E-state index in [-0.39, 0.29) is 11.1 Å². The maximum absolute atomic E-state index is 12.9. The van der Waals surface area contributed by atoms with Crippen molar-refractivity contribution in [3.8, 4) is 0 Å². The fraction of sp³-hybridized carbons (Fsp3) is 0.500. The summed E-state index contributed by atoms with van der Waals surface area (Å²) in [7, 11) is 2.12. The highest BCUT2D eigenvalue weighted by Crippen LogP contribution is 2.15. The van der Waals surface area contributed by atoms with Crippen molar-refractivity contribution in [1.29, 1.82) is 0 Å². The van der Waals surface area contributed by atoms with Crippen molar-refractivity contribution in [1.82, 2.24) is 9.47 Å². The number of nitrogens with zero attached hydrogens (tertiary/aromatic N) is 2. The number of hydrogen-bond acceptors (Lipinski definition) is 3. The SMILES string of the molecule is CCCC[C@@H](C)N(C)Cc1c(C)cc(C)c(=O)n1CCc1ccc(C(=O)O)cc1. The van der Waals surface area contributed by atoms with E-state index in [1.54, 1.807) is 12.1 Å². The number of carboxylic acids is 1. The van der Waals surface area contributed by atoms with Gasteiger partial charge in [-0.05, 0) is 70.0 Å². The third-order valence-corrected chi connectivity index (χ3v) is 5.75. The van der Waals surface area contributed by atoms with Crippen LogP contribution in [-0.2, 0) is 19.5 Å². The van der Waals surface area contributed by atoms with Crippen LogP contribution in [0.15, 0.2) is 35.1 Å². The predicted octanol–water partition coefficient (Wildman–Crippen LogP) is 4.42. The predicted molar refractivity (Wildman–Crippen MR) is 118 cm³/mol. The van der Waals surface area contributed by atoms with Crippen molar-refractivity contribution in [3.05, 3.63) is 68.6 Å². The van der Waals surface area contributed by atoms with Crippen molar-refractivity contribution in [2.45, 2.75) is 72.5 Å². The number of rotatable bonds is 10. The Morgan fingerprint density at radius 1 is 1.17 bits per heavy atom. The van der Waals surface area contributed by atoms with Crippen LogP contribution >= 0.6 is 0 Å². The quantitative estimate of drug-likeness (QED) is 0.644. The van der Waals surface area contributed by atoms with E-state index in [1.165, 1.54) is 12.8 Å². The Labute approximate surface area is 174 Å². The molecule has 1 heterocycles. The molecular formula is C24H34N2O3. The fourth-order valence-corrected chi connectivity index (χ4v) is 3.63. The van der Waals surface area contributed by atoms with E-state index in [0.29, 0.717) is 19.0 Å². The zero-order valence-corrected chi connectivity index (χ0v) is 18.4. The van der Waals surface area contributed by atoms with Crippen LogP contribution in [0.3, 0.4) is 0 Å². The van der Waals surface area contributed by atoms with Gasteiger partial charge in [0.05, 0.1) is 5.56 Å². The number of aryl methyl sites for hydroxylation is 3. The van der Waals surface area contributed by atoms with Crippen LogP contribution in [-0.4, -0.2) is 33.6 Å². The topological polar surface area (TPSA) is 62.5 Å². The second-order valence-corrected chi connectivity index (χ2v) is 8.07. The van der Waals surface area contributed by atoms with Gasteiger partial charge in [-0.15, -0.1) is 0 Å². The number of benzene rings is 1. The van der Waals surface area contributed by atoms with Crippen LogP contribution in [0, 0.1) is 13.8 Å². The van der Waals surface area contributed by atoms with Gasteiger partial charge in [-0.3, -0.25) is 9.69 Å². The third-order valence-electron chi connectivity index (χ3n) is 5.75. The summed E-state index contributed by atoms with van der Waals surface area (Å²) in [6.45, 7) is 9.71. The van der Waals surface area contributed by atoms with E-state index in [0.717, 1.165) is 35.3 Å². The fourth-order valence-electron chi connectivity index (χ4n) is 3.63. The van der Waals surface area contributed by atoms with E-state index >= 15 is 0 Å². The van der Waals surface area contributed by atoms with Gasteiger partial charge < -0.3 is 9.67 Å². The Morgan fingerprint density at radius 3 is 2.41 bits per heavy atom. The first-order valence-corrected chi connectivity index (χ1v) is 10.5. The van der Waals surface area contributed by atoms with Crippen molar-refractivity contribution in [2.75, 3.05) is 7.05 Å². The molecular weight excluding hydrogens is 364 g/mol. The van der Waals surface area contributed by atoms with Gasteiger partial charge in [0, 0.05) is 30.4 Å². The Balaban J connectivity index is 2.23. The lowest BCUT2D eigenvalue weighted by Gasteiger charge is -2.27. The van der Waals surface area contributed by atoms with E-state index in [4.69, 9.17) is 5.11 Å². The summed E-state index contributed by atoms with van der Waals surface area (Å²) in [5, 5.41) is 9.05. The Bertz CT molecular complexity index is 884. The van der Waals surface area contributed by atoms with Crippen LogP contribution in [0.25, 0.3) is 0 Å². The highest BCUT2D eigenvalue weighted by atomic mass is 16.4. The van der Waals surface area contributed by atoms with Gasteiger partial charge in [-0.25, -0.2) is 4.79 Å². The molecule has 1 aromatic heterocycles. The number of unbranched alkanes of at least 4 members (excludes halogenated alkanes) is 1. The van der Waals surface area contributed by atoms with Gasteiger partial charge in [0.1, 0.15) is 0 Å². The summed E-state index contributed by atoms with van der Waals surface area (Å²) >= 11 is 0. The monoisotopic (exact) mass is 398 g/mol. The molecule has 2 aromatic rings. The lowest BCUT2D eigenvalue weighted by molar-refractivity contribution is 0.0697. The molecule has 5 nitrogen and oxygen atoms in total. The molecule has 0 aliphatic heterocycles. The van der Waals surface area contributed by atoms with E-state index < -0.39 is 5.97 Å². The second kappa shape index (κ2) is 10.4. The molecule has 1 aromatic carbocycles. The van der Waals surface area contributed by atoms with Crippen LogP contribution in [0.5, 0.6) is 0 Å². The molecule has 0 amide bonds. The summed E-state index contributed by atoms with van der Waals surface area (Å²) in [4.78, 5) is 26.3. The molecule has 0 unspecified atom stereocenters. The standard InChI is InChI=1S/C24H34N2O3/c1-6-7-8-19(4)25(5)16-22-17(2)15-18(3)23(27)26(22)14-13-20-9-11-21(12-10-20)24(28)29/h9-12,15,19H,6-8,13-14,16H2,1-5H3,(H,28,29)/t19-/m1/s1. The molecule has 0 aliphatic rings. The van der Waals surface area contributed by atoms with E-state index in [1.807, 2.05) is 29.7 Å². The number of aromatic carboxylic acids is 1. The van der Waals surface area contributed by atoms with Crippen LogP contribution in [0.4, 0.5) is 0 Å². The van der Waals surface area contributed by atoms with Crippen LogP contribution in [0.2, 0.25) is 0 Å². The Morgan fingerprint density at radius 2 is 1.83 bits per heavy atom. The number of aromatic nitrogens is 1. The maximum Gasteiger partial charge on any atom is 0.335 e. The van der Waals surface area contributed by atoms with E-state index in [9.17, 15) is 9.59 Å². The number of carbonyl (C=O) groups is 1. The Kier molecular flexibility index (Phi) is 8.21. The van der Waals surface area contributed by atoms with Crippen molar-refractivity contribution < 1.29 is 9.90 Å². The summed E-state index contributed by atoms with van der Waals surface area (Å²) in [6, 6.07) is 9.34. The average molecular weight is 399 g/mol. The van der Waals surface area contributed by atoms with Gasteiger partial charge in [0.2, 0.25) is 0 Å². The second-order valence-electron chi connectivity index (χ2n) is 8.07. The smallest absolute Gasteiger partial charge is 0.335 e. The molecule has 1 N–H and O–H groups in total. The molecule has 0 aliphatic carbocycles. The molecule has 0 fully saturated rings. The van der Waals surface area contributed by atoms with Gasteiger partial charge >= 0.3 is 5.97 Å². The average Bonchev–Trinajstić information content (AvgIpc) is 2.69. The minimum Gasteiger partial charge on any atom is -0.478 e. The molecule has 0 radical (unpaired) electrons. The molecule has 0 bridgehead atoms. The number of carboxylic acid groups (broad SMARTS) is 1. The minimum atomic E-state index is -0.926. The maximum atomic E-state index is 12.9. The lowest BCUT2D eigenvalue weighted by atomic mass is 10.1. The first-order valence-electron chi connectivity index (χ1n) is 10.5. The van der Waals surface area contributed by atoms with Gasteiger partial charge in [0.15, 0.2) is 0 Å². The number of pyridine rings is 1. The third kappa shape index (κ3) is 6.04. The first kappa shape index (κ1) is 22.9. The zero-order chi connectivity index (χ0) is 21.6. The van der Waals surface area contributed by atoms with Crippen molar-refractivity contribution in [2.24, 2.45) is 0 Å². The molecule has 158 valence electrons. The molecule has 0 spiro atoms. The van der Waals surface area contributed by atoms with Gasteiger partial charge in [-0.2, -0.15) is 0 Å². The summed E-state index contributed by atoms with van der Waals surface area (Å²) in [5.74, 6) is -0.926. The van der Waals surface area contributed by atoms with Gasteiger partial charge in [-0.1, -0.05) is 31.9 Å². The number of hydrogen-bond donors (Lipinski definition) is 1. The molecule has 0 saturated heterocycles. The Hall–Kier alpha value is -2.40. The van der Waals surface area contributed by atoms with Crippen molar-refractivity contribution in [3.63, 3.8) is 0 Å². The molecule has 2 rings (SSSR count). The molecule has 5 heteroatoms. The molecule has 29 heavy (non-hydrogen) atoms. The summed E-state index contributed by atoms with van der Waals surface area (Å²) in [5.41, 5.74) is 4.32. The van der Waals surface area contributed by atoms with Crippen LogP contribution in [0.1, 0.15) is 65.9 Å². The summed E-state index contributed by atoms with van der Waals surface area (Å²) < 4.78 is 1.90. The highest BCUT2D eigenvalue weighted by Gasteiger charge is 2.16.